The zero-order valence-electron chi connectivity index (χ0n) is 20.0. The van der Waals surface area contributed by atoms with Gasteiger partial charge in [-0.3, -0.25) is 14.4 Å². The molecule has 1 aliphatic heterocycles. The molecular formula is C26H31N5O4S. The highest BCUT2D eigenvalue weighted by atomic mass is 32.1. The molecule has 4 N–H and O–H groups in total. The molecule has 9 nitrogen and oxygen atoms in total. The number of para-hydroxylation sites is 2. The monoisotopic (exact) mass is 509 g/mol. The van der Waals surface area contributed by atoms with Crippen LogP contribution in [0, 0.1) is 5.92 Å². The normalized spacial score (nSPS) is 22.2. The van der Waals surface area contributed by atoms with Crippen molar-refractivity contribution in [1.82, 2.24) is 15.3 Å². The number of fused-ring (bicyclic) bond motifs is 2. The third-order valence-electron chi connectivity index (χ3n) is 7.23. The second kappa shape index (κ2) is 10.7. The van der Waals surface area contributed by atoms with Crippen LogP contribution in [0.2, 0.25) is 0 Å². The van der Waals surface area contributed by atoms with Crippen molar-refractivity contribution in [2.45, 2.75) is 56.9 Å². The van der Waals surface area contributed by atoms with Gasteiger partial charge in [-0.05, 0) is 61.6 Å². The number of carboxylic acids is 1. The van der Waals surface area contributed by atoms with Gasteiger partial charge in [-0.25, -0.2) is 4.98 Å². The molecule has 1 atom stereocenters. The second-order valence-corrected chi connectivity index (χ2v) is 10.7. The molecule has 190 valence electrons. The van der Waals surface area contributed by atoms with Crippen LogP contribution in [0.25, 0.3) is 11.0 Å². The van der Waals surface area contributed by atoms with Crippen molar-refractivity contribution in [3.8, 4) is 0 Å². The van der Waals surface area contributed by atoms with Gasteiger partial charge in [-0.1, -0.05) is 12.1 Å². The molecule has 3 aromatic rings. The van der Waals surface area contributed by atoms with Crippen molar-refractivity contribution in [3.63, 3.8) is 0 Å². The minimum Gasteiger partial charge on any atom is -0.481 e. The maximum atomic E-state index is 12.8. The van der Waals surface area contributed by atoms with Gasteiger partial charge >= 0.3 is 5.97 Å². The average molecular weight is 510 g/mol. The lowest BCUT2D eigenvalue weighted by molar-refractivity contribution is -0.137. The summed E-state index contributed by atoms with van der Waals surface area (Å²) in [6.07, 6.45) is 4.75. The first kappa shape index (κ1) is 24.3. The molecule has 3 heterocycles. The first-order valence-corrected chi connectivity index (χ1v) is 13.4. The van der Waals surface area contributed by atoms with E-state index in [0.29, 0.717) is 30.6 Å². The predicted octanol–water partition coefficient (Wildman–Crippen LogP) is 4.10. The van der Waals surface area contributed by atoms with E-state index in [9.17, 15) is 19.5 Å². The SMILES string of the molecule is O=C(O)CC1CCC(=O)N(CC(=O)NCC2CCC(Nc3nc4ccccc4[nH]3)CC2)c2ccsc21. The zero-order valence-corrected chi connectivity index (χ0v) is 20.9. The number of aromatic nitrogens is 2. The first-order chi connectivity index (χ1) is 17.5. The van der Waals surface area contributed by atoms with E-state index in [0.717, 1.165) is 47.5 Å². The molecule has 2 aliphatic rings. The number of carbonyl (C=O) groups excluding carboxylic acids is 2. The maximum absolute atomic E-state index is 12.8. The Bertz CT molecular complexity index is 1210. The molecule has 36 heavy (non-hydrogen) atoms. The van der Waals surface area contributed by atoms with Crippen molar-refractivity contribution in [1.29, 1.82) is 0 Å². The van der Waals surface area contributed by atoms with Crippen LogP contribution in [-0.4, -0.2) is 52.0 Å². The van der Waals surface area contributed by atoms with Gasteiger partial charge in [0.1, 0.15) is 6.54 Å². The molecule has 1 fully saturated rings. The number of aliphatic carboxylic acids is 1. The third kappa shape index (κ3) is 5.53. The summed E-state index contributed by atoms with van der Waals surface area (Å²) in [4.78, 5) is 47.1. The number of carbonyl (C=O) groups is 3. The molecular weight excluding hydrogens is 478 g/mol. The molecule has 1 saturated carbocycles. The molecule has 2 aromatic heterocycles. The Kier molecular flexibility index (Phi) is 7.22. The Morgan fingerprint density at radius 2 is 1.94 bits per heavy atom. The van der Waals surface area contributed by atoms with Crippen molar-refractivity contribution < 1.29 is 19.5 Å². The molecule has 1 aliphatic carbocycles. The summed E-state index contributed by atoms with van der Waals surface area (Å²) in [5.74, 6) is -0.180. The number of rotatable bonds is 8. The Morgan fingerprint density at radius 3 is 2.72 bits per heavy atom. The fraction of sp³-hybridized carbons (Fsp3) is 0.462. The Labute approximate surface area is 213 Å². The van der Waals surface area contributed by atoms with Crippen LogP contribution in [-0.2, 0) is 14.4 Å². The average Bonchev–Trinajstić information content (AvgIpc) is 3.48. The van der Waals surface area contributed by atoms with Gasteiger partial charge in [-0.2, -0.15) is 0 Å². The largest absolute Gasteiger partial charge is 0.481 e. The van der Waals surface area contributed by atoms with E-state index in [1.807, 2.05) is 35.7 Å². The van der Waals surface area contributed by atoms with E-state index < -0.39 is 5.97 Å². The topological polar surface area (TPSA) is 127 Å². The Balaban J connectivity index is 1.10. The molecule has 2 amide bonds. The van der Waals surface area contributed by atoms with Crippen molar-refractivity contribution in [3.05, 3.63) is 40.6 Å². The van der Waals surface area contributed by atoms with Gasteiger partial charge in [0.05, 0.1) is 23.1 Å². The van der Waals surface area contributed by atoms with Crippen LogP contribution in [0.4, 0.5) is 11.6 Å². The van der Waals surface area contributed by atoms with Gasteiger partial charge < -0.3 is 25.6 Å². The summed E-state index contributed by atoms with van der Waals surface area (Å²) >= 11 is 1.46. The number of imidazole rings is 1. The number of H-pyrrole nitrogens is 1. The van der Waals surface area contributed by atoms with Crippen LogP contribution in [0.15, 0.2) is 35.7 Å². The molecule has 0 spiro atoms. The minimum atomic E-state index is -0.875. The molecule has 0 bridgehead atoms. The van der Waals surface area contributed by atoms with E-state index in [1.54, 1.807) is 0 Å². The van der Waals surface area contributed by atoms with Crippen LogP contribution < -0.4 is 15.5 Å². The summed E-state index contributed by atoms with van der Waals surface area (Å²) in [6, 6.07) is 10.1. The highest BCUT2D eigenvalue weighted by Gasteiger charge is 2.31. The number of hydrogen-bond acceptors (Lipinski definition) is 6. The molecule has 10 heteroatoms. The predicted molar refractivity (Wildman–Crippen MR) is 139 cm³/mol. The van der Waals surface area contributed by atoms with Gasteiger partial charge in [0, 0.05) is 29.8 Å². The zero-order chi connectivity index (χ0) is 25.1. The fourth-order valence-electron chi connectivity index (χ4n) is 5.30. The van der Waals surface area contributed by atoms with Gasteiger partial charge in [0.25, 0.3) is 0 Å². The number of aromatic amines is 1. The summed E-state index contributed by atoms with van der Waals surface area (Å²) in [5.41, 5.74) is 2.65. The molecule has 1 aromatic carbocycles. The van der Waals surface area contributed by atoms with Crippen molar-refractivity contribution >= 4 is 51.8 Å². The van der Waals surface area contributed by atoms with Crippen molar-refractivity contribution in [2.24, 2.45) is 5.92 Å². The summed E-state index contributed by atoms with van der Waals surface area (Å²) in [5, 5.41) is 17.6. The lowest BCUT2D eigenvalue weighted by Crippen LogP contribution is -2.42. The quantitative estimate of drug-likeness (QED) is 0.362. The van der Waals surface area contributed by atoms with E-state index in [4.69, 9.17) is 0 Å². The summed E-state index contributed by atoms with van der Waals surface area (Å²) in [6.45, 7) is 0.557. The number of benzene rings is 1. The van der Waals surface area contributed by atoms with Gasteiger partial charge in [-0.15, -0.1) is 11.3 Å². The van der Waals surface area contributed by atoms with Crippen LogP contribution >= 0.6 is 11.3 Å². The second-order valence-electron chi connectivity index (χ2n) is 9.75. The van der Waals surface area contributed by atoms with Gasteiger partial charge in [0.15, 0.2) is 0 Å². The van der Waals surface area contributed by atoms with Gasteiger partial charge in [0.2, 0.25) is 17.8 Å². The maximum Gasteiger partial charge on any atom is 0.303 e. The van der Waals surface area contributed by atoms with Crippen LogP contribution in [0.1, 0.15) is 55.7 Å². The first-order valence-electron chi connectivity index (χ1n) is 12.5. The highest BCUT2D eigenvalue weighted by Crippen LogP contribution is 2.40. The number of carboxylic acid groups (broad SMARTS) is 1. The Hall–Kier alpha value is -3.40. The smallest absolute Gasteiger partial charge is 0.303 e. The lowest BCUT2D eigenvalue weighted by atomic mass is 9.86. The van der Waals surface area contributed by atoms with Crippen molar-refractivity contribution in [2.75, 3.05) is 23.3 Å². The molecule has 0 saturated heterocycles. The number of hydrogen-bond donors (Lipinski definition) is 4. The number of thiophene rings is 1. The molecule has 0 radical (unpaired) electrons. The number of amides is 2. The highest BCUT2D eigenvalue weighted by molar-refractivity contribution is 7.10. The fourth-order valence-corrected chi connectivity index (χ4v) is 6.34. The van der Waals surface area contributed by atoms with E-state index >= 15 is 0 Å². The van der Waals surface area contributed by atoms with Crippen LogP contribution in [0.5, 0.6) is 0 Å². The van der Waals surface area contributed by atoms with E-state index in [-0.39, 0.29) is 37.1 Å². The standard InChI is InChI=1S/C26H31N5O4S/c32-22(15-31-21-11-12-36-25(21)17(13-24(34)35)7-10-23(31)33)27-14-16-5-8-18(9-6-16)28-26-29-19-3-1-2-4-20(19)30-26/h1-4,11-12,16-18H,5-10,13-15H2,(H,27,32)(H,34,35)(H2,28,29,30). The lowest BCUT2D eigenvalue weighted by Gasteiger charge is -2.29. The van der Waals surface area contributed by atoms with Crippen LogP contribution in [0.3, 0.4) is 0 Å². The number of anilines is 2. The summed E-state index contributed by atoms with van der Waals surface area (Å²) < 4.78 is 0. The minimum absolute atomic E-state index is 0.00525. The Morgan fingerprint density at radius 1 is 1.14 bits per heavy atom. The third-order valence-corrected chi connectivity index (χ3v) is 8.30. The number of nitrogens with zero attached hydrogens (tertiary/aromatic N) is 2. The van der Waals surface area contributed by atoms with E-state index in [1.165, 1.54) is 16.2 Å². The van der Waals surface area contributed by atoms with E-state index in [2.05, 4.69) is 20.6 Å². The summed E-state index contributed by atoms with van der Waals surface area (Å²) in [7, 11) is 0. The molecule has 1 unspecified atom stereocenters. The number of nitrogens with one attached hydrogen (secondary N) is 3. The molecule has 5 rings (SSSR count).